The van der Waals surface area contributed by atoms with E-state index in [2.05, 4.69) is 37.2 Å². The Morgan fingerprint density at radius 2 is 2.00 bits per heavy atom. The lowest BCUT2D eigenvalue weighted by Crippen LogP contribution is -2.23. The topological polar surface area (TPSA) is 36.4 Å². The van der Waals surface area contributed by atoms with Crippen molar-refractivity contribution >= 4 is 5.82 Å². The van der Waals surface area contributed by atoms with Gasteiger partial charge in [-0.1, -0.05) is 32.9 Å². The predicted molar refractivity (Wildman–Crippen MR) is 76.9 cm³/mol. The summed E-state index contributed by atoms with van der Waals surface area (Å²) in [6.45, 7) is 13.1. The molecule has 1 aromatic rings. The smallest absolute Gasteiger partial charge is 0.129 e. The zero-order valence-corrected chi connectivity index (χ0v) is 12.1. The molecule has 0 aliphatic carbocycles. The summed E-state index contributed by atoms with van der Waals surface area (Å²) in [5.41, 5.74) is 2.96. The molecule has 18 heavy (non-hydrogen) atoms. The highest BCUT2D eigenvalue weighted by molar-refractivity contribution is 5.44. The lowest BCUT2D eigenvalue weighted by molar-refractivity contribution is 0.281. The summed E-state index contributed by atoms with van der Waals surface area (Å²) in [5, 5.41) is 9.35. The van der Waals surface area contributed by atoms with Crippen LogP contribution in [0.25, 0.3) is 0 Å². The minimum atomic E-state index is -0.0238. The minimum absolute atomic E-state index is 0.0238. The summed E-state index contributed by atoms with van der Waals surface area (Å²) in [4.78, 5) is 6.73. The zero-order valence-electron chi connectivity index (χ0n) is 12.1. The molecule has 0 aromatic carbocycles. The van der Waals surface area contributed by atoms with Crippen LogP contribution in [0.2, 0.25) is 0 Å². The van der Waals surface area contributed by atoms with Gasteiger partial charge in [0.2, 0.25) is 0 Å². The van der Waals surface area contributed by atoms with Gasteiger partial charge < -0.3 is 10.0 Å². The van der Waals surface area contributed by atoms with Gasteiger partial charge in [-0.2, -0.15) is 0 Å². The Kier molecular flexibility index (Phi) is 4.52. The van der Waals surface area contributed by atoms with E-state index in [4.69, 9.17) is 0 Å². The number of nitrogens with zero attached hydrogens (tertiary/aromatic N) is 2. The first-order chi connectivity index (χ1) is 8.24. The molecule has 1 rings (SSSR count). The molecule has 100 valence electrons. The molecule has 0 fully saturated rings. The second kappa shape index (κ2) is 5.53. The molecule has 1 N–H and O–H groups in total. The Balaban J connectivity index is 3.15. The Morgan fingerprint density at radius 3 is 2.44 bits per heavy atom. The van der Waals surface area contributed by atoms with Crippen LogP contribution in [-0.4, -0.2) is 23.7 Å². The molecule has 3 nitrogen and oxygen atoms in total. The first kappa shape index (κ1) is 14.7. The third-order valence-corrected chi connectivity index (χ3v) is 2.72. The molecular weight excluding hydrogens is 224 g/mol. The van der Waals surface area contributed by atoms with Crippen LogP contribution in [0.5, 0.6) is 0 Å². The largest absolute Gasteiger partial charge is 0.392 e. The fraction of sp³-hybridized carbons (Fsp3) is 0.533. The number of rotatable bonds is 4. The summed E-state index contributed by atoms with van der Waals surface area (Å²) < 4.78 is 0. The average molecular weight is 248 g/mol. The van der Waals surface area contributed by atoms with Crippen molar-refractivity contribution < 1.29 is 5.11 Å². The highest BCUT2D eigenvalue weighted by Crippen LogP contribution is 2.24. The van der Waals surface area contributed by atoms with Crippen molar-refractivity contribution in [2.75, 3.05) is 18.5 Å². The second-order valence-corrected chi connectivity index (χ2v) is 5.94. The number of aliphatic hydroxyl groups excluding tert-OH is 1. The molecule has 0 saturated heterocycles. The van der Waals surface area contributed by atoms with Gasteiger partial charge in [-0.15, -0.1) is 0 Å². The van der Waals surface area contributed by atoms with Crippen LogP contribution in [0.1, 0.15) is 39.0 Å². The summed E-state index contributed by atoms with van der Waals surface area (Å²) in [5.74, 6) is 0.884. The van der Waals surface area contributed by atoms with E-state index in [0.717, 1.165) is 29.2 Å². The maximum atomic E-state index is 9.35. The number of aromatic nitrogens is 1. The molecule has 0 aliphatic rings. The van der Waals surface area contributed by atoms with E-state index in [9.17, 15) is 5.11 Å². The van der Waals surface area contributed by atoms with Gasteiger partial charge in [-0.25, -0.2) is 4.98 Å². The van der Waals surface area contributed by atoms with Crippen LogP contribution in [0.15, 0.2) is 24.3 Å². The van der Waals surface area contributed by atoms with E-state index in [1.54, 1.807) is 0 Å². The monoisotopic (exact) mass is 248 g/mol. The molecule has 0 radical (unpaired) electrons. The summed E-state index contributed by atoms with van der Waals surface area (Å²) in [7, 11) is 1.99. The average Bonchev–Trinajstić information content (AvgIpc) is 2.26. The van der Waals surface area contributed by atoms with E-state index in [0.29, 0.717) is 0 Å². The van der Waals surface area contributed by atoms with Crippen LogP contribution in [-0.2, 0) is 12.0 Å². The number of hydrogen-bond acceptors (Lipinski definition) is 3. The number of pyridine rings is 1. The van der Waals surface area contributed by atoms with Gasteiger partial charge in [0.05, 0.1) is 6.61 Å². The third kappa shape index (κ3) is 3.84. The summed E-state index contributed by atoms with van der Waals surface area (Å²) in [6.07, 6.45) is 0. The SMILES string of the molecule is C=C(C)CN(C)c1cc(CO)cc(C(C)(C)C)n1. The molecule has 3 heteroatoms. The molecule has 0 saturated carbocycles. The quantitative estimate of drug-likeness (QED) is 0.832. The van der Waals surface area contributed by atoms with Crippen molar-refractivity contribution in [2.24, 2.45) is 0 Å². The van der Waals surface area contributed by atoms with E-state index in [1.807, 2.05) is 26.1 Å². The first-order valence-electron chi connectivity index (χ1n) is 6.22. The molecule has 0 atom stereocenters. The van der Waals surface area contributed by atoms with Crippen molar-refractivity contribution in [3.05, 3.63) is 35.5 Å². The fourth-order valence-corrected chi connectivity index (χ4v) is 1.73. The number of anilines is 1. The highest BCUT2D eigenvalue weighted by atomic mass is 16.3. The molecule has 1 aromatic heterocycles. The number of aliphatic hydroxyl groups is 1. The van der Waals surface area contributed by atoms with Gasteiger partial charge in [0.15, 0.2) is 0 Å². The van der Waals surface area contributed by atoms with Gasteiger partial charge in [-0.3, -0.25) is 0 Å². The normalized spacial score (nSPS) is 11.4. The lowest BCUT2D eigenvalue weighted by Gasteiger charge is -2.24. The molecule has 0 bridgehead atoms. The first-order valence-corrected chi connectivity index (χ1v) is 6.22. The number of hydrogen-bond donors (Lipinski definition) is 1. The van der Waals surface area contributed by atoms with Gasteiger partial charge in [0, 0.05) is 24.7 Å². The maximum Gasteiger partial charge on any atom is 0.129 e. The van der Waals surface area contributed by atoms with Crippen molar-refractivity contribution in [1.82, 2.24) is 4.98 Å². The van der Waals surface area contributed by atoms with E-state index >= 15 is 0 Å². The van der Waals surface area contributed by atoms with Crippen LogP contribution in [0.4, 0.5) is 5.82 Å². The van der Waals surface area contributed by atoms with Crippen LogP contribution >= 0.6 is 0 Å². The summed E-state index contributed by atoms with van der Waals surface area (Å²) in [6, 6.07) is 3.90. The van der Waals surface area contributed by atoms with E-state index in [1.165, 1.54) is 0 Å². The molecule has 0 spiro atoms. The molecular formula is C15H24N2O. The van der Waals surface area contributed by atoms with E-state index in [-0.39, 0.29) is 12.0 Å². The Bertz CT molecular complexity index is 433. The Morgan fingerprint density at radius 1 is 1.39 bits per heavy atom. The van der Waals surface area contributed by atoms with Crippen molar-refractivity contribution in [2.45, 2.75) is 39.7 Å². The maximum absolute atomic E-state index is 9.35. The van der Waals surface area contributed by atoms with Crippen molar-refractivity contribution in [3.8, 4) is 0 Å². The lowest BCUT2D eigenvalue weighted by atomic mass is 9.91. The molecule has 0 unspecified atom stereocenters. The predicted octanol–water partition coefficient (Wildman–Crippen LogP) is 2.88. The number of likely N-dealkylation sites (N-methyl/N-ethyl adjacent to an activating group) is 1. The highest BCUT2D eigenvalue weighted by Gasteiger charge is 2.18. The van der Waals surface area contributed by atoms with Gasteiger partial charge in [0.1, 0.15) is 5.82 Å². The minimum Gasteiger partial charge on any atom is -0.392 e. The Hall–Kier alpha value is -1.35. The molecule has 0 aliphatic heterocycles. The molecule has 1 heterocycles. The Labute approximate surface area is 110 Å². The summed E-state index contributed by atoms with van der Waals surface area (Å²) >= 11 is 0. The second-order valence-electron chi connectivity index (χ2n) is 5.94. The van der Waals surface area contributed by atoms with Gasteiger partial charge in [-0.05, 0) is 24.6 Å². The van der Waals surface area contributed by atoms with Gasteiger partial charge in [0.25, 0.3) is 0 Å². The van der Waals surface area contributed by atoms with Crippen LogP contribution < -0.4 is 4.90 Å². The van der Waals surface area contributed by atoms with Crippen molar-refractivity contribution in [3.63, 3.8) is 0 Å². The van der Waals surface area contributed by atoms with Gasteiger partial charge >= 0.3 is 0 Å². The van der Waals surface area contributed by atoms with Crippen LogP contribution in [0, 0.1) is 0 Å². The molecule has 0 amide bonds. The zero-order chi connectivity index (χ0) is 13.9. The van der Waals surface area contributed by atoms with Crippen molar-refractivity contribution in [1.29, 1.82) is 0 Å². The van der Waals surface area contributed by atoms with Crippen LogP contribution in [0.3, 0.4) is 0 Å². The van der Waals surface area contributed by atoms with E-state index < -0.39 is 0 Å². The standard InChI is InChI=1S/C15H24N2O/c1-11(2)9-17(6)14-8-12(10-18)7-13(16-14)15(3,4)5/h7-8,18H,1,9-10H2,2-6H3. The fourth-order valence-electron chi connectivity index (χ4n) is 1.73. The third-order valence-electron chi connectivity index (χ3n) is 2.72.